The number of anilines is 1. The van der Waals surface area contributed by atoms with E-state index in [9.17, 15) is 0 Å². The zero-order valence-corrected chi connectivity index (χ0v) is 7.07. The van der Waals surface area contributed by atoms with Gasteiger partial charge in [0, 0.05) is 0 Å². The highest BCUT2D eigenvalue weighted by Crippen LogP contribution is 2.24. The van der Waals surface area contributed by atoms with Crippen LogP contribution in [0.15, 0.2) is 36.7 Å². The molecule has 1 aliphatic heterocycles. The van der Waals surface area contributed by atoms with Gasteiger partial charge in [-0.1, -0.05) is 28.7 Å². The average Bonchev–Trinajstić information content (AvgIpc) is 2.57. The lowest BCUT2D eigenvalue weighted by Crippen LogP contribution is -2.10. The molecule has 1 aromatic carbocycles. The van der Waals surface area contributed by atoms with E-state index in [1.165, 1.54) is 0 Å². The molecule has 0 aromatic heterocycles. The highest BCUT2D eigenvalue weighted by atomic mass is 35.5. The molecule has 0 saturated heterocycles. The maximum absolute atomic E-state index is 5.97. The summed E-state index contributed by atoms with van der Waals surface area (Å²) in [7, 11) is 0. The Labute approximate surface area is 75.8 Å². The Kier molecular flexibility index (Phi) is 1.84. The monoisotopic (exact) mass is 178 g/mol. The second kappa shape index (κ2) is 2.99. The lowest BCUT2D eigenvalue weighted by molar-refractivity contribution is 1.41. The second-order valence-electron chi connectivity index (χ2n) is 2.42. The number of hydrogen-bond donors (Lipinski definition) is 0. The molecule has 0 atom stereocenters. The molecule has 1 radical (unpaired) electrons. The summed E-state index contributed by atoms with van der Waals surface area (Å²) in [6.45, 7) is 0. The minimum absolute atomic E-state index is 0.732. The Bertz CT molecular complexity index is 332. The molecule has 0 N–H and O–H groups in total. The number of nitrogens with zero attached hydrogens (tertiary/aromatic N) is 2. The maximum Gasteiger partial charge on any atom is 0.291 e. The van der Waals surface area contributed by atoms with Crippen molar-refractivity contribution in [1.29, 1.82) is 0 Å². The summed E-state index contributed by atoms with van der Waals surface area (Å²) in [6.07, 6.45) is 5.31. The SMILES string of the molecule is Clc1ccccc1N1C=C[N+]=C1. The Morgan fingerprint density at radius 2 is 2.08 bits per heavy atom. The molecule has 2 rings (SSSR count). The highest BCUT2D eigenvalue weighted by molar-refractivity contribution is 6.33. The van der Waals surface area contributed by atoms with E-state index < -0.39 is 0 Å². The van der Waals surface area contributed by atoms with Gasteiger partial charge in [0.25, 0.3) is 6.34 Å². The normalized spacial score (nSPS) is 14.2. The summed E-state index contributed by atoms with van der Waals surface area (Å²) in [4.78, 5) is 5.82. The van der Waals surface area contributed by atoms with Gasteiger partial charge in [0.05, 0.1) is 5.02 Å². The van der Waals surface area contributed by atoms with Crippen LogP contribution in [0.2, 0.25) is 5.02 Å². The summed E-state index contributed by atoms with van der Waals surface area (Å²) in [5, 5.41) is 0.732. The smallest absolute Gasteiger partial charge is 0.198 e. The number of rotatable bonds is 1. The fraction of sp³-hybridized carbons (Fsp3) is 0. The molecule has 0 aliphatic carbocycles. The van der Waals surface area contributed by atoms with Crippen LogP contribution in [0.1, 0.15) is 0 Å². The van der Waals surface area contributed by atoms with E-state index in [-0.39, 0.29) is 0 Å². The second-order valence-corrected chi connectivity index (χ2v) is 2.83. The number of benzene rings is 1. The standard InChI is InChI=1S/C9H7ClN2/c10-8-3-1-2-4-9(8)12-6-5-11-7-12/h1-7H/q+1. The Hall–Kier alpha value is -1.28. The summed E-state index contributed by atoms with van der Waals surface area (Å²) in [5.74, 6) is 0. The molecule has 0 bridgehead atoms. The zero-order chi connectivity index (χ0) is 8.39. The predicted molar refractivity (Wildman–Crippen MR) is 51.3 cm³/mol. The summed E-state index contributed by atoms with van der Waals surface area (Å²) >= 11 is 5.97. The maximum atomic E-state index is 5.97. The summed E-state index contributed by atoms with van der Waals surface area (Å²) in [5.41, 5.74) is 0.955. The minimum atomic E-state index is 0.732. The fourth-order valence-corrected chi connectivity index (χ4v) is 1.30. The van der Waals surface area contributed by atoms with Crippen molar-refractivity contribution >= 4 is 23.6 Å². The van der Waals surface area contributed by atoms with E-state index in [0.29, 0.717) is 0 Å². The number of hydrogen-bond acceptors (Lipinski definition) is 2. The molecule has 0 amide bonds. The molecule has 1 aromatic rings. The van der Waals surface area contributed by atoms with Crippen molar-refractivity contribution in [2.24, 2.45) is 0 Å². The van der Waals surface area contributed by atoms with Gasteiger partial charge in [-0.2, -0.15) is 4.90 Å². The van der Waals surface area contributed by atoms with Gasteiger partial charge in [0.15, 0.2) is 11.9 Å². The largest absolute Gasteiger partial charge is 0.291 e. The molecule has 12 heavy (non-hydrogen) atoms. The number of aliphatic imine (C=N–C) groups is 1. The van der Waals surface area contributed by atoms with Gasteiger partial charge in [-0.25, -0.2) is 0 Å². The third-order valence-electron chi connectivity index (χ3n) is 1.64. The van der Waals surface area contributed by atoms with Crippen LogP contribution < -0.4 is 9.89 Å². The van der Waals surface area contributed by atoms with Crippen molar-refractivity contribution in [3.63, 3.8) is 0 Å². The van der Waals surface area contributed by atoms with Gasteiger partial charge < -0.3 is 0 Å². The molecule has 0 spiro atoms. The van der Waals surface area contributed by atoms with Crippen molar-refractivity contribution < 1.29 is 0 Å². The molecule has 1 heterocycles. The molecule has 0 unspecified atom stereocenters. The van der Waals surface area contributed by atoms with Crippen LogP contribution in [0.4, 0.5) is 5.69 Å². The molecule has 2 nitrogen and oxygen atoms in total. The van der Waals surface area contributed by atoms with Gasteiger partial charge in [0.2, 0.25) is 0 Å². The minimum Gasteiger partial charge on any atom is -0.198 e. The Balaban J connectivity index is 2.39. The number of para-hydroxylation sites is 1. The van der Waals surface area contributed by atoms with Gasteiger partial charge in [-0.15, -0.1) is 0 Å². The van der Waals surface area contributed by atoms with Gasteiger partial charge >= 0.3 is 0 Å². The first-order valence-corrected chi connectivity index (χ1v) is 3.98. The molecular weight excluding hydrogens is 172 g/mol. The average molecular weight is 179 g/mol. The van der Waals surface area contributed by atoms with Crippen LogP contribution in [0.5, 0.6) is 0 Å². The summed E-state index contributed by atoms with van der Waals surface area (Å²) in [6, 6.07) is 7.66. The van der Waals surface area contributed by atoms with Crippen molar-refractivity contribution in [1.82, 2.24) is 4.99 Å². The van der Waals surface area contributed by atoms with Crippen molar-refractivity contribution in [2.45, 2.75) is 0 Å². The third kappa shape index (κ3) is 1.21. The molecule has 0 saturated carbocycles. The Morgan fingerprint density at radius 3 is 2.75 bits per heavy atom. The topological polar surface area (TPSA) is 17.3 Å². The summed E-state index contributed by atoms with van der Waals surface area (Å²) < 4.78 is 0. The third-order valence-corrected chi connectivity index (χ3v) is 1.95. The molecule has 3 heteroatoms. The zero-order valence-electron chi connectivity index (χ0n) is 6.31. The van der Waals surface area contributed by atoms with Crippen LogP contribution >= 0.6 is 11.6 Å². The van der Waals surface area contributed by atoms with E-state index in [1.807, 2.05) is 35.4 Å². The van der Waals surface area contributed by atoms with Crippen LogP contribution in [0.25, 0.3) is 0 Å². The molecular formula is C9H7ClN2+. The highest BCUT2D eigenvalue weighted by Gasteiger charge is 2.15. The van der Waals surface area contributed by atoms with E-state index in [4.69, 9.17) is 11.6 Å². The van der Waals surface area contributed by atoms with Crippen LogP contribution in [0, 0.1) is 0 Å². The quantitative estimate of drug-likeness (QED) is 0.643. The predicted octanol–water partition coefficient (Wildman–Crippen LogP) is 2.00. The van der Waals surface area contributed by atoms with Crippen LogP contribution in [-0.4, -0.2) is 6.34 Å². The van der Waals surface area contributed by atoms with Crippen molar-refractivity contribution in [2.75, 3.05) is 4.90 Å². The first-order chi connectivity index (χ1) is 5.88. The van der Waals surface area contributed by atoms with Crippen LogP contribution in [-0.2, 0) is 0 Å². The lowest BCUT2D eigenvalue weighted by atomic mass is 10.3. The first kappa shape index (κ1) is 7.37. The van der Waals surface area contributed by atoms with Gasteiger partial charge in [-0.3, -0.25) is 0 Å². The van der Waals surface area contributed by atoms with Crippen molar-refractivity contribution in [3.8, 4) is 0 Å². The van der Waals surface area contributed by atoms with E-state index in [1.54, 1.807) is 12.5 Å². The van der Waals surface area contributed by atoms with Crippen LogP contribution in [0.3, 0.4) is 0 Å². The molecule has 1 aliphatic rings. The van der Waals surface area contributed by atoms with E-state index in [2.05, 4.69) is 4.99 Å². The Morgan fingerprint density at radius 1 is 1.25 bits per heavy atom. The van der Waals surface area contributed by atoms with Gasteiger partial charge in [0.1, 0.15) is 6.20 Å². The van der Waals surface area contributed by atoms with E-state index >= 15 is 0 Å². The molecule has 59 valence electrons. The molecule has 0 fully saturated rings. The van der Waals surface area contributed by atoms with Crippen molar-refractivity contribution in [3.05, 3.63) is 41.7 Å². The van der Waals surface area contributed by atoms with E-state index in [0.717, 1.165) is 10.7 Å². The van der Waals surface area contributed by atoms with Gasteiger partial charge in [-0.05, 0) is 12.1 Å². The lowest BCUT2D eigenvalue weighted by Gasteiger charge is -2.03. The number of halogens is 1. The first-order valence-electron chi connectivity index (χ1n) is 3.61. The fourth-order valence-electron chi connectivity index (χ4n) is 1.06.